The Morgan fingerprint density at radius 1 is 1.39 bits per heavy atom. The van der Waals surface area contributed by atoms with Crippen molar-refractivity contribution in [1.82, 2.24) is 0 Å². The van der Waals surface area contributed by atoms with Crippen molar-refractivity contribution in [2.24, 2.45) is 0 Å². The molecule has 0 N–H and O–H groups in total. The Balaban J connectivity index is 2.67. The van der Waals surface area contributed by atoms with E-state index in [1.54, 1.807) is 6.26 Å². The highest BCUT2D eigenvalue weighted by molar-refractivity contribution is 8.16. The summed E-state index contributed by atoms with van der Waals surface area (Å²) < 4.78 is 17.9. The van der Waals surface area contributed by atoms with E-state index in [-0.39, 0.29) is 0 Å². The van der Waals surface area contributed by atoms with Crippen LogP contribution in [0.5, 0.6) is 5.75 Å². The molecule has 4 heteroatoms. The summed E-state index contributed by atoms with van der Waals surface area (Å²) in [4.78, 5) is 0. The summed E-state index contributed by atoms with van der Waals surface area (Å²) in [5.74, 6) is 0.893. The predicted octanol–water partition coefficient (Wildman–Crippen LogP) is 3.91. The average Bonchev–Trinajstić information content (AvgIpc) is 2.37. The van der Waals surface area contributed by atoms with E-state index >= 15 is 0 Å². The zero-order valence-corrected chi connectivity index (χ0v) is 12.8. The Morgan fingerprint density at radius 3 is 2.56 bits per heavy atom. The first kappa shape index (κ1) is 15.3. The summed E-state index contributed by atoms with van der Waals surface area (Å²) in [7, 11) is -0.922. The number of ether oxygens (including phenoxy) is 1. The topological polar surface area (TPSA) is 26.3 Å². The SMILES string of the molecule is CCCCOc1ccc(/C=C(\SC)S(C)=O)cc1. The number of hydrogen-bond donors (Lipinski definition) is 0. The zero-order valence-electron chi connectivity index (χ0n) is 11.1. The van der Waals surface area contributed by atoms with Gasteiger partial charge in [0.25, 0.3) is 0 Å². The standard InChI is InChI=1S/C14H20O2S2/c1-4-5-10-16-13-8-6-12(7-9-13)11-14(17-2)18(3)15/h6-9,11H,4-5,10H2,1-3H3/b14-11+. The van der Waals surface area contributed by atoms with Gasteiger partial charge in [0.1, 0.15) is 5.75 Å². The van der Waals surface area contributed by atoms with Gasteiger partial charge in [-0.05, 0) is 36.4 Å². The third-order valence-electron chi connectivity index (χ3n) is 2.42. The third-order valence-corrected chi connectivity index (χ3v) is 4.82. The molecule has 1 unspecified atom stereocenters. The first-order valence-electron chi connectivity index (χ1n) is 5.99. The monoisotopic (exact) mass is 284 g/mol. The van der Waals surface area contributed by atoms with Crippen LogP contribution in [0.4, 0.5) is 0 Å². The van der Waals surface area contributed by atoms with Crippen LogP contribution in [0, 0.1) is 0 Å². The van der Waals surface area contributed by atoms with E-state index < -0.39 is 10.8 Å². The minimum atomic E-state index is -0.922. The lowest BCUT2D eigenvalue weighted by atomic mass is 10.2. The highest BCUT2D eigenvalue weighted by atomic mass is 32.2. The van der Waals surface area contributed by atoms with Crippen molar-refractivity contribution in [3.05, 3.63) is 34.1 Å². The van der Waals surface area contributed by atoms with E-state index in [9.17, 15) is 4.21 Å². The molecule has 1 aromatic rings. The molecule has 0 aliphatic rings. The maximum Gasteiger partial charge on any atom is 0.119 e. The average molecular weight is 284 g/mol. The van der Waals surface area contributed by atoms with Crippen molar-refractivity contribution >= 4 is 28.6 Å². The van der Waals surface area contributed by atoms with Gasteiger partial charge in [-0.1, -0.05) is 25.5 Å². The lowest BCUT2D eigenvalue weighted by Crippen LogP contribution is -1.96. The maximum atomic E-state index is 11.4. The number of hydrogen-bond acceptors (Lipinski definition) is 3. The number of rotatable bonds is 7. The fourth-order valence-electron chi connectivity index (χ4n) is 1.39. The lowest BCUT2D eigenvalue weighted by Gasteiger charge is -2.05. The highest BCUT2D eigenvalue weighted by Crippen LogP contribution is 2.21. The van der Waals surface area contributed by atoms with E-state index in [0.29, 0.717) is 0 Å². The molecule has 1 atom stereocenters. The number of unbranched alkanes of at least 4 members (excludes halogenated alkanes) is 1. The molecule has 0 aromatic heterocycles. The quantitative estimate of drug-likeness (QED) is 0.710. The molecule has 0 spiro atoms. The van der Waals surface area contributed by atoms with Crippen LogP contribution in [-0.2, 0) is 10.8 Å². The summed E-state index contributed by atoms with van der Waals surface area (Å²) in [6.45, 7) is 2.91. The fourth-order valence-corrected chi connectivity index (χ4v) is 2.88. The van der Waals surface area contributed by atoms with Crippen molar-refractivity contribution in [2.45, 2.75) is 19.8 Å². The van der Waals surface area contributed by atoms with Crippen molar-refractivity contribution < 1.29 is 8.95 Å². The highest BCUT2D eigenvalue weighted by Gasteiger charge is 2.00. The Bertz CT molecular complexity index is 410. The first-order valence-corrected chi connectivity index (χ1v) is 8.77. The van der Waals surface area contributed by atoms with E-state index in [2.05, 4.69) is 6.92 Å². The minimum absolute atomic E-state index is 0.765. The molecule has 1 aromatic carbocycles. The molecule has 0 radical (unpaired) electrons. The van der Waals surface area contributed by atoms with Gasteiger partial charge in [0.05, 0.1) is 21.6 Å². The van der Waals surface area contributed by atoms with Crippen LogP contribution >= 0.6 is 11.8 Å². The second-order valence-corrected chi connectivity index (χ2v) is 6.35. The first-order chi connectivity index (χ1) is 8.67. The van der Waals surface area contributed by atoms with E-state index in [1.807, 2.05) is 36.6 Å². The summed E-state index contributed by atoms with van der Waals surface area (Å²) in [6.07, 6.45) is 7.81. The van der Waals surface area contributed by atoms with Gasteiger partial charge in [-0.25, -0.2) is 0 Å². The second-order valence-electron chi connectivity index (χ2n) is 3.89. The molecule has 0 aliphatic carbocycles. The Labute approximate surface area is 116 Å². The van der Waals surface area contributed by atoms with E-state index in [4.69, 9.17) is 4.74 Å². The molecule has 0 saturated heterocycles. The molecule has 18 heavy (non-hydrogen) atoms. The van der Waals surface area contributed by atoms with Crippen LogP contribution < -0.4 is 4.74 Å². The molecule has 0 fully saturated rings. The lowest BCUT2D eigenvalue weighted by molar-refractivity contribution is 0.309. The normalized spacial score (nSPS) is 13.4. The van der Waals surface area contributed by atoms with Crippen molar-refractivity contribution in [3.63, 3.8) is 0 Å². The Kier molecular flexibility index (Phi) is 7.13. The minimum Gasteiger partial charge on any atom is -0.494 e. The van der Waals surface area contributed by atoms with Gasteiger partial charge in [0.2, 0.25) is 0 Å². The number of thioether (sulfide) groups is 1. The van der Waals surface area contributed by atoms with Gasteiger partial charge in [0, 0.05) is 6.26 Å². The summed E-state index contributed by atoms with van der Waals surface area (Å²) in [5, 5.41) is 0. The molecule has 0 bridgehead atoms. The molecule has 1 rings (SSSR count). The summed E-state index contributed by atoms with van der Waals surface area (Å²) in [5.41, 5.74) is 1.05. The van der Waals surface area contributed by atoms with Crippen LogP contribution in [0.2, 0.25) is 0 Å². The van der Waals surface area contributed by atoms with Crippen LogP contribution in [-0.4, -0.2) is 23.3 Å². The molecule has 0 saturated carbocycles. The molecular weight excluding hydrogens is 264 g/mol. The van der Waals surface area contributed by atoms with Crippen LogP contribution in [0.15, 0.2) is 28.5 Å². The van der Waals surface area contributed by atoms with Crippen LogP contribution in [0.1, 0.15) is 25.3 Å². The van der Waals surface area contributed by atoms with Gasteiger partial charge < -0.3 is 4.74 Å². The Morgan fingerprint density at radius 2 is 2.06 bits per heavy atom. The molecule has 0 heterocycles. The fraction of sp³-hybridized carbons (Fsp3) is 0.429. The third kappa shape index (κ3) is 5.27. The molecule has 100 valence electrons. The summed E-state index contributed by atoms with van der Waals surface area (Å²) in [6, 6.07) is 7.89. The van der Waals surface area contributed by atoms with Crippen molar-refractivity contribution in [3.8, 4) is 5.75 Å². The molecule has 2 nitrogen and oxygen atoms in total. The Hall–Kier alpha value is -0.740. The van der Waals surface area contributed by atoms with Crippen molar-refractivity contribution in [1.29, 1.82) is 0 Å². The van der Waals surface area contributed by atoms with Gasteiger partial charge >= 0.3 is 0 Å². The van der Waals surface area contributed by atoms with Gasteiger partial charge in [0.15, 0.2) is 0 Å². The van der Waals surface area contributed by atoms with Gasteiger partial charge in [-0.15, -0.1) is 11.8 Å². The van der Waals surface area contributed by atoms with Gasteiger partial charge in [-0.2, -0.15) is 0 Å². The molecular formula is C14H20O2S2. The van der Waals surface area contributed by atoms with E-state index in [0.717, 1.165) is 35.0 Å². The summed E-state index contributed by atoms with van der Waals surface area (Å²) >= 11 is 1.52. The molecule has 0 aliphatic heterocycles. The van der Waals surface area contributed by atoms with Crippen LogP contribution in [0.3, 0.4) is 0 Å². The zero-order chi connectivity index (χ0) is 13.4. The molecule has 0 amide bonds. The largest absolute Gasteiger partial charge is 0.494 e. The van der Waals surface area contributed by atoms with Crippen molar-refractivity contribution in [2.75, 3.05) is 19.1 Å². The smallest absolute Gasteiger partial charge is 0.119 e. The van der Waals surface area contributed by atoms with Crippen LogP contribution in [0.25, 0.3) is 6.08 Å². The second kappa shape index (κ2) is 8.38. The van der Waals surface area contributed by atoms with Gasteiger partial charge in [-0.3, -0.25) is 4.21 Å². The number of benzene rings is 1. The predicted molar refractivity (Wildman–Crippen MR) is 82.4 cm³/mol. The maximum absolute atomic E-state index is 11.4. The van der Waals surface area contributed by atoms with E-state index in [1.165, 1.54) is 11.8 Å².